The molecule has 0 aromatic heterocycles. The number of carbonyl (C=O) groups is 1. The molecule has 2 atom stereocenters. The van der Waals surface area contributed by atoms with Gasteiger partial charge in [-0.3, -0.25) is 4.79 Å². The Morgan fingerprint density at radius 3 is 2.33 bits per heavy atom. The molecular formula is C9H17NO2. The molecule has 2 unspecified atom stereocenters. The highest BCUT2D eigenvalue weighted by Gasteiger charge is 2.41. The molecule has 0 radical (unpaired) electrons. The van der Waals surface area contributed by atoms with Crippen molar-refractivity contribution in [1.82, 2.24) is 0 Å². The van der Waals surface area contributed by atoms with Gasteiger partial charge in [-0.05, 0) is 24.2 Å². The zero-order valence-electron chi connectivity index (χ0n) is 7.71. The molecule has 0 heterocycles. The van der Waals surface area contributed by atoms with Crippen LogP contribution in [0, 0.1) is 11.3 Å². The molecule has 3 nitrogen and oxygen atoms in total. The van der Waals surface area contributed by atoms with Gasteiger partial charge in [-0.1, -0.05) is 20.3 Å². The van der Waals surface area contributed by atoms with Gasteiger partial charge in [0.05, 0.1) is 0 Å². The minimum atomic E-state index is -0.879. The van der Waals surface area contributed by atoms with Crippen LogP contribution in [0.2, 0.25) is 0 Å². The lowest BCUT2D eigenvalue weighted by molar-refractivity contribution is -0.141. The minimum Gasteiger partial charge on any atom is -0.480 e. The number of rotatable bonds is 3. The monoisotopic (exact) mass is 171 g/mol. The quantitative estimate of drug-likeness (QED) is 0.671. The number of aliphatic carboxylic acids is 1. The molecule has 0 aliphatic heterocycles. The summed E-state index contributed by atoms with van der Waals surface area (Å²) in [7, 11) is 0. The normalized spacial score (nSPS) is 25.6. The Morgan fingerprint density at radius 1 is 1.58 bits per heavy atom. The molecule has 1 aliphatic carbocycles. The minimum absolute atomic E-state index is 0.0868. The molecule has 3 heteroatoms. The van der Waals surface area contributed by atoms with E-state index in [1.165, 1.54) is 6.42 Å². The predicted octanol–water partition coefficient (Wildman–Crippen LogP) is 1.22. The second-order valence-electron chi connectivity index (χ2n) is 4.16. The Balaban J connectivity index is 2.57. The van der Waals surface area contributed by atoms with E-state index in [-0.39, 0.29) is 11.3 Å². The summed E-state index contributed by atoms with van der Waals surface area (Å²) < 4.78 is 0. The Bertz CT molecular complexity index is 187. The number of carboxylic acid groups (broad SMARTS) is 1. The van der Waals surface area contributed by atoms with Crippen LogP contribution in [0.25, 0.3) is 0 Å². The van der Waals surface area contributed by atoms with Crippen LogP contribution in [0.4, 0.5) is 0 Å². The molecule has 0 spiro atoms. The van der Waals surface area contributed by atoms with Crippen molar-refractivity contribution in [2.75, 3.05) is 0 Å². The fourth-order valence-corrected chi connectivity index (χ4v) is 1.84. The van der Waals surface area contributed by atoms with Crippen molar-refractivity contribution < 1.29 is 9.90 Å². The van der Waals surface area contributed by atoms with Crippen LogP contribution in [-0.2, 0) is 4.79 Å². The van der Waals surface area contributed by atoms with Gasteiger partial charge in [0.25, 0.3) is 0 Å². The van der Waals surface area contributed by atoms with E-state index in [0.717, 1.165) is 12.8 Å². The van der Waals surface area contributed by atoms with E-state index in [1.54, 1.807) is 0 Å². The van der Waals surface area contributed by atoms with Gasteiger partial charge in [0.15, 0.2) is 0 Å². The third kappa shape index (κ3) is 1.46. The van der Waals surface area contributed by atoms with Gasteiger partial charge in [-0.2, -0.15) is 0 Å². The molecule has 0 bridgehead atoms. The molecule has 1 aliphatic rings. The molecule has 0 amide bonds. The van der Waals surface area contributed by atoms with Gasteiger partial charge in [0.1, 0.15) is 6.04 Å². The molecule has 0 saturated heterocycles. The molecule has 70 valence electrons. The van der Waals surface area contributed by atoms with Crippen LogP contribution in [0.1, 0.15) is 33.1 Å². The highest BCUT2D eigenvalue weighted by atomic mass is 16.4. The van der Waals surface area contributed by atoms with Crippen molar-refractivity contribution in [1.29, 1.82) is 0 Å². The van der Waals surface area contributed by atoms with E-state index in [4.69, 9.17) is 10.8 Å². The van der Waals surface area contributed by atoms with Crippen LogP contribution in [0.3, 0.4) is 0 Å². The van der Waals surface area contributed by atoms with Gasteiger partial charge < -0.3 is 10.8 Å². The Kier molecular flexibility index (Phi) is 2.42. The van der Waals surface area contributed by atoms with Gasteiger partial charge in [0.2, 0.25) is 0 Å². The molecule has 0 aromatic carbocycles. The first-order valence-corrected chi connectivity index (χ1v) is 4.46. The molecular weight excluding hydrogens is 154 g/mol. The molecule has 3 N–H and O–H groups in total. The van der Waals surface area contributed by atoms with Crippen molar-refractivity contribution >= 4 is 5.97 Å². The summed E-state index contributed by atoms with van der Waals surface area (Å²) in [6.07, 6.45) is 3.46. The number of hydrogen-bond donors (Lipinski definition) is 2. The molecule has 1 rings (SSSR count). The van der Waals surface area contributed by atoms with Crippen molar-refractivity contribution in [3.05, 3.63) is 0 Å². The highest BCUT2D eigenvalue weighted by Crippen LogP contribution is 2.47. The standard InChI is InChI=1S/C9H17NO2/c1-6(7(10)8(11)12)9(2)4-3-5-9/h6-7H,3-5,10H2,1-2H3,(H,11,12). The lowest BCUT2D eigenvalue weighted by atomic mass is 9.61. The fourth-order valence-electron chi connectivity index (χ4n) is 1.84. The average Bonchev–Trinajstić information content (AvgIpc) is 1.97. The van der Waals surface area contributed by atoms with E-state index >= 15 is 0 Å². The topological polar surface area (TPSA) is 63.3 Å². The largest absolute Gasteiger partial charge is 0.480 e. The van der Waals surface area contributed by atoms with Crippen LogP contribution < -0.4 is 5.73 Å². The van der Waals surface area contributed by atoms with Crippen LogP contribution >= 0.6 is 0 Å². The van der Waals surface area contributed by atoms with E-state index in [2.05, 4.69) is 6.92 Å². The maximum Gasteiger partial charge on any atom is 0.320 e. The molecule has 1 fully saturated rings. The third-order valence-corrected chi connectivity index (χ3v) is 3.42. The molecule has 1 saturated carbocycles. The Morgan fingerprint density at radius 2 is 2.08 bits per heavy atom. The number of carboxylic acids is 1. The second kappa shape index (κ2) is 3.05. The van der Waals surface area contributed by atoms with E-state index < -0.39 is 12.0 Å². The van der Waals surface area contributed by atoms with E-state index in [9.17, 15) is 4.79 Å². The fraction of sp³-hybridized carbons (Fsp3) is 0.889. The summed E-state index contributed by atoms with van der Waals surface area (Å²) in [5.41, 5.74) is 5.73. The molecule has 0 aromatic rings. The van der Waals surface area contributed by atoms with Gasteiger partial charge in [0, 0.05) is 0 Å². The van der Waals surface area contributed by atoms with Crippen LogP contribution in [0.5, 0.6) is 0 Å². The smallest absolute Gasteiger partial charge is 0.320 e. The van der Waals surface area contributed by atoms with Crippen molar-refractivity contribution in [3.8, 4) is 0 Å². The van der Waals surface area contributed by atoms with Gasteiger partial charge in [-0.15, -0.1) is 0 Å². The first-order valence-electron chi connectivity index (χ1n) is 4.46. The van der Waals surface area contributed by atoms with Gasteiger partial charge in [-0.25, -0.2) is 0 Å². The van der Waals surface area contributed by atoms with Crippen molar-refractivity contribution in [2.24, 2.45) is 17.1 Å². The number of nitrogens with two attached hydrogens (primary N) is 1. The summed E-state index contributed by atoms with van der Waals surface area (Å²) >= 11 is 0. The number of hydrogen-bond acceptors (Lipinski definition) is 2. The Labute approximate surface area is 72.9 Å². The summed E-state index contributed by atoms with van der Waals surface area (Å²) in [6, 6.07) is -0.699. The maximum absolute atomic E-state index is 10.6. The molecule has 12 heavy (non-hydrogen) atoms. The summed E-state index contributed by atoms with van der Waals surface area (Å²) in [5.74, 6) is -0.792. The lowest BCUT2D eigenvalue weighted by Crippen LogP contribution is -2.47. The third-order valence-electron chi connectivity index (χ3n) is 3.42. The zero-order chi connectivity index (χ0) is 9.35. The zero-order valence-corrected chi connectivity index (χ0v) is 7.71. The second-order valence-corrected chi connectivity index (χ2v) is 4.16. The first-order chi connectivity index (χ1) is 5.47. The van der Waals surface area contributed by atoms with E-state index in [1.807, 2.05) is 6.92 Å². The van der Waals surface area contributed by atoms with Crippen molar-refractivity contribution in [2.45, 2.75) is 39.2 Å². The first kappa shape index (κ1) is 9.52. The average molecular weight is 171 g/mol. The van der Waals surface area contributed by atoms with Gasteiger partial charge >= 0.3 is 5.97 Å². The Hall–Kier alpha value is -0.570. The van der Waals surface area contributed by atoms with E-state index in [0.29, 0.717) is 0 Å². The SMILES string of the molecule is CC(C(N)C(=O)O)C1(C)CCC1. The summed E-state index contributed by atoms with van der Waals surface area (Å²) in [4.78, 5) is 10.6. The summed E-state index contributed by atoms with van der Waals surface area (Å²) in [5, 5.41) is 8.71. The van der Waals surface area contributed by atoms with Crippen LogP contribution in [-0.4, -0.2) is 17.1 Å². The lowest BCUT2D eigenvalue weighted by Gasteiger charge is -2.45. The predicted molar refractivity (Wildman–Crippen MR) is 46.7 cm³/mol. The highest BCUT2D eigenvalue weighted by molar-refractivity contribution is 5.73. The summed E-state index contributed by atoms with van der Waals surface area (Å²) in [6.45, 7) is 4.07. The van der Waals surface area contributed by atoms with Crippen molar-refractivity contribution in [3.63, 3.8) is 0 Å². The maximum atomic E-state index is 10.6. The van der Waals surface area contributed by atoms with Crippen LogP contribution in [0.15, 0.2) is 0 Å².